The Hall–Kier alpha value is -0.115. The predicted octanol–water partition coefficient (Wildman–Crippen LogP) is 3.35. The molecule has 180 valence electrons. The molecule has 2 rings (SSSR count). The van der Waals surface area contributed by atoms with E-state index in [0.29, 0.717) is 0 Å². The van der Waals surface area contributed by atoms with Crippen LogP contribution in [-0.4, -0.2) is 50.8 Å². The first-order valence-corrected chi connectivity index (χ1v) is 9.86. The number of aliphatic hydroxyl groups excluding tert-OH is 3. The summed E-state index contributed by atoms with van der Waals surface area (Å²) >= 11 is 14.4. The summed E-state index contributed by atoms with van der Waals surface area (Å²) in [6.45, 7) is 0.367. The van der Waals surface area contributed by atoms with Crippen molar-refractivity contribution in [3.8, 4) is 0 Å². The number of carbonyl (C=O) groups is 1. The van der Waals surface area contributed by atoms with E-state index in [-0.39, 0.29) is 46.6 Å². The van der Waals surface area contributed by atoms with Crippen molar-refractivity contribution in [2.24, 2.45) is 5.73 Å². The van der Waals surface area contributed by atoms with Crippen LogP contribution in [0.15, 0.2) is 66.7 Å². The Morgan fingerprint density at radius 3 is 1.35 bits per heavy atom. The van der Waals surface area contributed by atoms with E-state index in [1.54, 1.807) is 13.0 Å². The van der Waals surface area contributed by atoms with E-state index < -0.39 is 29.7 Å². The van der Waals surface area contributed by atoms with Crippen LogP contribution >= 0.6 is 34.8 Å². The molecule has 0 aliphatic rings. The monoisotopic (exact) mass is 673 g/mol. The molecule has 0 aliphatic carbocycles. The van der Waals surface area contributed by atoms with Gasteiger partial charge in [-0.3, -0.25) is 4.79 Å². The molecular formula is C21H26Cl3NO4Pd2. The third-order valence-corrected chi connectivity index (χ3v) is 3.46. The predicted molar refractivity (Wildman–Crippen MR) is 120 cm³/mol. The van der Waals surface area contributed by atoms with Gasteiger partial charge < -0.3 is 21.1 Å². The van der Waals surface area contributed by atoms with Gasteiger partial charge in [-0.05, 0) is 29.7 Å². The molecule has 0 heterocycles. The molecule has 2 aromatic carbocycles. The van der Waals surface area contributed by atoms with Crippen molar-refractivity contribution >= 4 is 46.2 Å². The Bertz CT molecular complexity index is 679. The third-order valence-electron chi connectivity index (χ3n) is 3.46. The minimum atomic E-state index is -1.21. The summed E-state index contributed by atoms with van der Waals surface area (Å²) in [5.41, 5.74) is 7.04. The molecule has 2 aromatic rings. The van der Waals surface area contributed by atoms with Gasteiger partial charge in [0.2, 0.25) is 0 Å². The first-order chi connectivity index (χ1) is 13.7. The molecule has 0 radical (unpaired) electrons. The molecule has 0 bridgehead atoms. The fourth-order valence-electron chi connectivity index (χ4n) is 1.92. The molecule has 0 spiro atoms. The Morgan fingerprint density at radius 1 is 0.871 bits per heavy atom. The van der Waals surface area contributed by atoms with E-state index in [2.05, 4.69) is 0 Å². The van der Waals surface area contributed by atoms with E-state index in [4.69, 9.17) is 55.9 Å². The maximum absolute atomic E-state index is 11.3. The molecule has 31 heavy (non-hydrogen) atoms. The zero-order valence-electron chi connectivity index (χ0n) is 16.6. The second-order valence-electron chi connectivity index (χ2n) is 5.98. The van der Waals surface area contributed by atoms with Gasteiger partial charge in [0.05, 0.1) is 25.4 Å². The average Bonchev–Trinajstić information content (AvgIpc) is 2.72. The van der Waals surface area contributed by atoms with Crippen molar-refractivity contribution in [2.75, 3.05) is 19.8 Å². The smallest absolute Gasteiger partial charge is 0.180 e. The Kier molecular flexibility index (Phi) is 23.4. The summed E-state index contributed by atoms with van der Waals surface area (Å²) < 4.78 is -0.750. The third kappa shape index (κ3) is 17.1. The Balaban J connectivity index is -0.000000476. The second kappa shape index (κ2) is 20.5. The van der Waals surface area contributed by atoms with Crippen LogP contribution in [0.5, 0.6) is 0 Å². The number of aliphatic hydroxyl groups is 3. The van der Waals surface area contributed by atoms with E-state index in [0.717, 1.165) is 16.7 Å². The molecule has 0 amide bonds. The number of halogens is 3. The van der Waals surface area contributed by atoms with Crippen molar-refractivity contribution in [1.29, 1.82) is 0 Å². The number of alkyl halides is 3. The van der Waals surface area contributed by atoms with Crippen molar-refractivity contribution in [2.45, 2.75) is 16.8 Å². The maximum atomic E-state index is 11.3. The van der Waals surface area contributed by atoms with E-state index in [1.165, 1.54) is 0 Å². The molecule has 5 N–H and O–H groups in total. The molecule has 0 atom stereocenters. The van der Waals surface area contributed by atoms with Crippen molar-refractivity contribution in [3.63, 3.8) is 0 Å². The molecule has 0 fully saturated rings. The molecule has 0 saturated carbocycles. The number of benzene rings is 2. The number of hydrogen-bond acceptors (Lipinski definition) is 5. The van der Waals surface area contributed by atoms with Crippen molar-refractivity contribution in [1.82, 2.24) is 0 Å². The van der Waals surface area contributed by atoms with Crippen LogP contribution in [0.1, 0.15) is 18.1 Å². The zero-order valence-corrected chi connectivity index (χ0v) is 22.0. The summed E-state index contributed by atoms with van der Waals surface area (Å²) in [7, 11) is 0. The van der Waals surface area contributed by atoms with Crippen molar-refractivity contribution < 1.29 is 61.0 Å². The number of hydrogen-bond donors (Lipinski definition) is 4. The maximum Gasteiger partial charge on any atom is 0.180 e. The van der Waals surface area contributed by atoms with Gasteiger partial charge in [-0.1, -0.05) is 95.5 Å². The SMILES string of the molecule is CC(=O)C=C(c1ccccc1)c1ccccc1.ClC(Cl)Cl.NC(CO)(CO)CO.[Pd].[Pd]. The Labute approximate surface area is 225 Å². The van der Waals surface area contributed by atoms with Gasteiger partial charge in [-0.2, -0.15) is 0 Å². The van der Waals surface area contributed by atoms with Gasteiger partial charge in [-0.25, -0.2) is 0 Å². The summed E-state index contributed by atoms with van der Waals surface area (Å²) in [6.07, 6.45) is 1.69. The number of ketones is 1. The van der Waals surface area contributed by atoms with Crippen LogP contribution in [0, 0.1) is 0 Å². The Morgan fingerprint density at radius 2 is 1.16 bits per heavy atom. The summed E-state index contributed by atoms with van der Waals surface area (Å²) in [5, 5.41) is 25.0. The van der Waals surface area contributed by atoms with Gasteiger partial charge in [0.25, 0.3) is 0 Å². The molecule has 0 saturated heterocycles. The van der Waals surface area contributed by atoms with Crippen LogP contribution < -0.4 is 5.73 Å². The topological polar surface area (TPSA) is 104 Å². The van der Waals surface area contributed by atoms with Crippen LogP contribution in [0.25, 0.3) is 5.57 Å². The second-order valence-corrected chi connectivity index (χ2v) is 7.96. The number of rotatable bonds is 6. The standard InChI is InChI=1S/C16H14O.C4H11NO3.CHCl3.2Pd/c1-13(17)12-16(14-8-4-2-5-9-14)15-10-6-3-7-11-15;5-4(1-6,2-7)3-8;2-1(3)4;;/h2-12H,1H3;6-8H,1-3,5H2;1H;;. The number of allylic oxidation sites excluding steroid dienone is 1. The van der Waals surface area contributed by atoms with E-state index in [1.807, 2.05) is 60.7 Å². The molecule has 0 aliphatic heterocycles. The van der Waals surface area contributed by atoms with Gasteiger partial charge in [0.15, 0.2) is 10.1 Å². The summed E-state index contributed by atoms with van der Waals surface area (Å²) in [6, 6.07) is 19.9. The van der Waals surface area contributed by atoms with Gasteiger partial charge in [0.1, 0.15) is 0 Å². The molecule has 0 unspecified atom stereocenters. The molecule has 0 aromatic heterocycles. The van der Waals surface area contributed by atoms with Crippen LogP contribution in [0.2, 0.25) is 0 Å². The fourth-order valence-corrected chi connectivity index (χ4v) is 1.92. The summed E-state index contributed by atoms with van der Waals surface area (Å²) in [5.74, 6) is 0.0627. The van der Waals surface area contributed by atoms with E-state index >= 15 is 0 Å². The average molecular weight is 676 g/mol. The van der Waals surface area contributed by atoms with Crippen LogP contribution in [0.3, 0.4) is 0 Å². The first kappa shape index (κ1) is 35.5. The van der Waals surface area contributed by atoms with Gasteiger partial charge >= 0.3 is 0 Å². The normalized spacial score (nSPS) is 9.58. The molecular weight excluding hydrogens is 649 g/mol. The van der Waals surface area contributed by atoms with E-state index in [9.17, 15) is 4.79 Å². The van der Waals surface area contributed by atoms with Crippen LogP contribution in [0.4, 0.5) is 0 Å². The number of nitrogens with two attached hydrogens (primary N) is 1. The largest absolute Gasteiger partial charge is 0.394 e. The first-order valence-electron chi connectivity index (χ1n) is 8.56. The molecule has 10 heteroatoms. The van der Waals surface area contributed by atoms with Gasteiger partial charge in [0, 0.05) is 40.8 Å². The quantitative estimate of drug-likeness (QED) is 0.214. The molecule has 5 nitrogen and oxygen atoms in total. The fraction of sp³-hybridized carbons (Fsp3) is 0.286. The summed E-state index contributed by atoms with van der Waals surface area (Å²) in [4.78, 5) is 11.3. The zero-order chi connectivity index (χ0) is 22.3. The minimum Gasteiger partial charge on any atom is -0.394 e. The number of carbonyl (C=O) groups excluding carboxylic acids is 1. The van der Waals surface area contributed by atoms with Crippen molar-refractivity contribution in [3.05, 3.63) is 77.9 Å². The van der Waals surface area contributed by atoms with Gasteiger partial charge in [-0.15, -0.1) is 0 Å². The van der Waals surface area contributed by atoms with Crippen LogP contribution in [-0.2, 0) is 45.6 Å². The minimum absolute atomic E-state index is 0.